The van der Waals surface area contributed by atoms with Crippen LogP contribution in [0.15, 0.2) is 18.2 Å². The van der Waals surface area contributed by atoms with Crippen LogP contribution in [0, 0.1) is 10.1 Å². The number of nitrogens with zero attached hydrogens (tertiary/aromatic N) is 1. The van der Waals surface area contributed by atoms with E-state index in [-0.39, 0.29) is 10.6 Å². The molecule has 0 atom stereocenters. The number of hydroxylamine groups is 1. The molecule has 0 fully saturated rings. The van der Waals surface area contributed by atoms with E-state index in [9.17, 15) is 19.7 Å². The number of carbonyl (C=O) groups is 2. The highest BCUT2D eigenvalue weighted by Crippen LogP contribution is 2.27. The maximum atomic E-state index is 11.5. The Labute approximate surface area is 105 Å². The lowest BCUT2D eigenvalue weighted by Crippen LogP contribution is -2.26. The van der Waals surface area contributed by atoms with Gasteiger partial charge in [0.05, 0.1) is 10.5 Å². The number of hydrogen-bond donors (Lipinski definition) is 2. The number of nitro benzene ring substituents is 1. The monoisotopic (exact) mass is 274 g/mol. The summed E-state index contributed by atoms with van der Waals surface area (Å²) in [5.74, 6) is -2.15. The van der Waals surface area contributed by atoms with Gasteiger partial charge in [-0.25, -0.2) is 10.3 Å². The molecule has 0 saturated carbocycles. The molecule has 0 bridgehead atoms. The molecule has 1 rings (SSSR count). The quantitative estimate of drug-likeness (QED) is 0.610. The van der Waals surface area contributed by atoms with Gasteiger partial charge in [0.25, 0.3) is 11.6 Å². The predicted molar refractivity (Wildman–Crippen MR) is 59.2 cm³/mol. The number of nitrogens with one attached hydrogen (secondary N) is 1. The molecule has 18 heavy (non-hydrogen) atoms. The van der Waals surface area contributed by atoms with Crippen LogP contribution in [0.25, 0.3) is 0 Å². The van der Waals surface area contributed by atoms with Crippen molar-refractivity contribution < 1.29 is 24.5 Å². The van der Waals surface area contributed by atoms with Gasteiger partial charge in [-0.1, -0.05) is 17.7 Å². The van der Waals surface area contributed by atoms with E-state index >= 15 is 0 Å². The molecule has 9 heteroatoms. The fraction of sp³-hybridized carbons (Fsp3) is 0.111. The molecular weight excluding hydrogens is 268 g/mol. The maximum Gasteiger partial charge on any atom is 0.332 e. The summed E-state index contributed by atoms with van der Waals surface area (Å²) < 4.78 is 0. The van der Waals surface area contributed by atoms with Gasteiger partial charge in [0.2, 0.25) is 0 Å². The second-order valence-electron chi connectivity index (χ2n) is 3.01. The van der Waals surface area contributed by atoms with Crippen LogP contribution in [0.5, 0.6) is 0 Å². The first-order chi connectivity index (χ1) is 8.43. The molecular formula is C9H7ClN2O6. The molecule has 2 N–H and O–H groups in total. The van der Waals surface area contributed by atoms with Crippen LogP contribution in [0.2, 0.25) is 5.02 Å². The Kier molecular flexibility index (Phi) is 4.58. The Morgan fingerprint density at radius 2 is 2.17 bits per heavy atom. The molecule has 0 radical (unpaired) electrons. The number of halogens is 1. The van der Waals surface area contributed by atoms with Gasteiger partial charge in [-0.05, 0) is 6.07 Å². The van der Waals surface area contributed by atoms with Gasteiger partial charge in [-0.2, -0.15) is 0 Å². The number of carbonyl (C=O) groups excluding carboxylic acids is 1. The van der Waals surface area contributed by atoms with E-state index in [0.29, 0.717) is 0 Å². The first kappa shape index (κ1) is 13.9. The smallest absolute Gasteiger partial charge is 0.332 e. The number of aliphatic carboxylic acids is 1. The largest absolute Gasteiger partial charge is 0.479 e. The highest BCUT2D eigenvalue weighted by molar-refractivity contribution is 6.35. The van der Waals surface area contributed by atoms with Crippen molar-refractivity contribution in [2.75, 3.05) is 6.61 Å². The Morgan fingerprint density at radius 1 is 1.50 bits per heavy atom. The van der Waals surface area contributed by atoms with Gasteiger partial charge >= 0.3 is 5.97 Å². The SMILES string of the molecule is O=C(O)CONC(=O)c1cccc([N+](=O)[O-])c1Cl. The van der Waals surface area contributed by atoms with Crippen LogP contribution >= 0.6 is 11.6 Å². The van der Waals surface area contributed by atoms with Crippen LogP contribution in [0.3, 0.4) is 0 Å². The number of amides is 1. The van der Waals surface area contributed by atoms with Crippen LogP contribution in [0.1, 0.15) is 10.4 Å². The standard InChI is InChI=1S/C9H7ClN2O6/c10-8-5(2-1-3-6(8)12(16)17)9(15)11-18-4-7(13)14/h1-3H,4H2,(H,11,15)(H,13,14). The molecule has 0 aliphatic rings. The normalized spacial score (nSPS) is 9.83. The fourth-order valence-electron chi connectivity index (χ4n) is 1.05. The second kappa shape index (κ2) is 5.94. The van der Waals surface area contributed by atoms with E-state index in [0.717, 1.165) is 6.07 Å². The third-order valence-electron chi connectivity index (χ3n) is 1.78. The lowest BCUT2D eigenvalue weighted by atomic mass is 10.2. The Balaban J connectivity index is 2.83. The number of hydrogen-bond acceptors (Lipinski definition) is 5. The van der Waals surface area contributed by atoms with Gasteiger partial charge in [-0.15, -0.1) is 0 Å². The summed E-state index contributed by atoms with van der Waals surface area (Å²) in [6, 6.07) is 3.65. The van der Waals surface area contributed by atoms with Gasteiger partial charge in [0.1, 0.15) is 5.02 Å². The van der Waals surface area contributed by atoms with Crippen molar-refractivity contribution >= 4 is 29.2 Å². The zero-order valence-corrected chi connectivity index (χ0v) is 9.51. The molecule has 0 unspecified atom stereocenters. The van der Waals surface area contributed by atoms with E-state index < -0.39 is 29.1 Å². The number of nitro groups is 1. The molecule has 0 saturated heterocycles. The van der Waals surface area contributed by atoms with Gasteiger partial charge in [0.15, 0.2) is 6.61 Å². The highest BCUT2D eigenvalue weighted by Gasteiger charge is 2.20. The number of carboxylic acid groups (broad SMARTS) is 1. The Bertz CT molecular complexity index is 504. The number of benzene rings is 1. The van der Waals surface area contributed by atoms with E-state index in [1.165, 1.54) is 12.1 Å². The zero-order valence-electron chi connectivity index (χ0n) is 8.75. The van der Waals surface area contributed by atoms with Crippen molar-refractivity contribution in [3.63, 3.8) is 0 Å². The minimum Gasteiger partial charge on any atom is -0.479 e. The molecule has 1 aromatic carbocycles. The minimum atomic E-state index is -1.28. The first-order valence-corrected chi connectivity index (χ1v) is 4.88. The van der Waals surface area contributed by atoms with Gasteiger partial charge in [-0.3, -0.25) is 19.7 Å². The topological polar surface area (TPSA) is 119 Å². The average Bonchev–Trinajstić information content (AvgIpc) is 2.28. The minimum absolute atomic E-state index is 0.184. The van der Waals surface area contributed by atoms with Crippen molar-refractivity contribution in [3.8, 4) is 0 Å². The third kappa shape index (κ3) is 3.40. The Hall–Kier alpha value is -2.19. The van der Waals surface area contributed by atoms with Crippen molar-refractivity contribution in [1.29, 1.82) is 0 Å². The van der Waals surface area contributed by atoms with E-state index in [1.54, 1.807) is 0 Å². The lowest BCUT2D eigenvalue weighted by molar-refractivity contribution is -0.384. The summed E-state index contributed by atoms with van der Waals surface area (Å²) in [6.07, 6.45) is 0. The molecule has 0 aliphatic heterocycles. The van der Waals surface area contributed by atoms with E-state index in [4.69, 9.17) is 16.7 Å². The molecule has 0 heterocycles. The van der Waals surface area contributed by atoms with Crippen LogP contribution in [0.4, 0.5) is 5.69 Å². The van der Waals surface area contributed by atoms with Crippen LogP contribution in [-0.2, 0) is 9.63 Å². The number of carboxylic acids is 1. The lowest BCUT2D eigenvalue weighted by Gasteiger charge is -2.05. The highest BCUT2D eigenvalue weighted by atomic mass is 35.5. The molecule has 1 aromatic rings. The summed E-state index contributed by atoms with van der Waals surface area (Å²) in [5, 5.41) is 18.5. The van der Waals surface area contributed by atoms with Gasteiger partial charge in [0, 0.05) is 6.07 Å². The molecule has 8 nitrogen and oxygen atoms in total. The second-order valence-corrected chi connectivity index (χ2v) is 3.39. The molecule has 0 aliphatic carbocycles. The van der Waals surface area contributed by atoms with Crippen molar-refractivity contribution in [1.82, 2.24) is 5.48 Å². The van der Waals surface area contributed by atoms with Crippen molar-refractivity contribution in [2.45, 2.75) is 0 Å². The predicted octanol–water partition coefficient (Wildman–Crippen LogP) is 0.994. The van der Waals surface area contributed by atoms with Crippen LogP contribution in [-0.4, -0.2) is 28.5 Å². The summed E-state index contributed by atoms with van der Waals surface area (Å²) in [4.78, 5) is 35.8. The van der Waals surface area contributed by atoms with Gasteiger partial charge < -0.3 is 5.11 Å². The summed E-state index contributed by atoms with van der Waals surface area (Å²) in [6.45, 7) is -0.738. The summed E-state index contributed by atoms with van der Waals surface area (Å²) in [7, 11) is 0. The molecule has 0 aromatic heterocycles. The zero-order chi connectivity index (χ0) is 13.7. The Morgan fingerprint density at radius 3 is 2.72 bits per heavy atom. The average molecular weight is 275 g/mol. The summed E-state index contributed by atoms with van der Waals surface area (Å²) >= 11 is 5.67. The van der Waals surface area contributed by atoms with Crippen molar-refractivity contribution in [2.24, 2.45) is 0 Å². The molecule has 0 spiro atoms. The van der Waals surface area contributed by atoms with Crippen LogP contribution < -0.4 is 5.48 Å². The number of rotatable bonds is 5. The third-order valence-corrected chi connectivity index (χ3v) is 2.18. The summed E-state index contributed by atoms with van der Waals surface area (Å²) in [5.41, 5.74) is 1.20. The van der Waals surface area contributed by atoms with E-state index in [2.05, 4.69) is 4.84 Å². The molecule has 1 amide bonds. The van der Waals surface area contributed by atoms with Crippen molar-refractivity contribution in [3.05, 3.63) is 38.9 Å². The van der Waals surface area contributed by atoms with E-state index in [1.807, 2.05) is 5.48 Å². The first-order valence-electron chi connectivity index (χ1n) is 4.50. The fourth-order valence-corrected chi connectivity index (χ4v) is 1.34. The maximum absolute atomic E-state index is 11.5. The molecule has 96 valence electrons.